The lowest BCUT2D eigenvalue weighted by atomic mass is 10.1. The number of hydrazone groups is 1. The van der Waals surface area contributed by atoms with E-state index in [0.29, 0.717) is 5.76 Å². The summed E-state index contributed by atoms with van der Waals surface area (Å²) in [5.74, 6) is 1.84. The molecule has 0 aliphatic heterocycles. The predicted molar refractivity (Wildman–Crippen MR) is 109 cm³/mol. The molecule has 0 saturated carbocycles. The number of aryl methyl sites for hydroxylation is 1. The third-order valence-corrected chi connectivity index (χ3v) is 4.58. The van der Waals surface area contributed by atoms with Gasteiger partial charge in [0.25, 0.3) is 0 Å². The maximum absolute atomic E-state index is 12.0. The number of carbonyl (C=O) groups is 1. The predicted octanol–water partition coefficient (Wildman–Crippen LogP) is 4.72. The number of carbonyl (C=O) groups excluding carboxylic acids is 1. The van der Waals surface area contributed by atoms with Gasteiger partial charge in [-0.15, -0.1) is 0 Å². The van der Waals surface area contributed by atoms with Gasteiger partial charge in [-0.25, -0.2) is 5.43 Å². The highest BCUT2D eigenvalue weighted by atomic mass is 79.9. The van der Waals surface area contributed by atoms with Crippen molar-refractivity contribution in [3.8, 4) is 17.1 Å². The highest BCUT2D eigenvalue weighted by Crippen LogP contribution is 2.30. The number of nitrogens with zero attached hydrogens (tertiary/aromatic N) is 1. The van der Waals surface area contributed by atoms with Crippen LogP contribution in [0, 0.1) is 6.92 Å². The molecule has 0 spiro atoms. The lowest BCUT2D eigenvalue weighted by Gasteiger charge is -2.02. The molecule has 0 unspecified atom stereocenters. The molecule has 3 rings (SSSR count). The van der Waals surface area contributed by atoms with Gasteiger partial charge in [-0.1, -0.05) is 34.1 Å². The van der Waals surface area contributed by atoms with E-state index in [-0.39, 0.29) is 12.3 Å². The van der Waals surface area contributed by atoms with Crippen molar-refractivity contribution in [1.29, 1.82) is 0 Å². The largest absolute Gasteiger partial charge is 0.497 e. The fraction of sp³-hybridized carbons (Fsp3) is 0.143. The molecule has 5 nitrogen and oxygen atoms in total. The van der Waals surface area contributed by atoms with Crippen LogP contribution < -0.4 is 10.2 Å². The molecule has 0 atom stereocenters. The number of benzene rings is 2. The molecule has 3 aromatic rings. The Bertz CT molecular complexity index is 962. The van der Waals surface area contributed by atoms with Crippen molar-refractivity contribution in [2.24, 2.45) is 5.10 Å². The Morgan fingerprint density at radius 3 is 2.67 bits per heavy atom. The Morgan fingerprint density at radius 2 is 1.96 bits per heavy atom. The van der Waals surface area contributed by atoms with E-state index in [1.165, 1.54) is 11.8 Å². The van der Waals surface area contributed by atoms with Crippen molar-refractivity contribution in [3.63, 3.8) is 0 Å². The topological polar surface area (TPSA) is 63.8 Å². The summed E-state index contributed by atoms with van der Waals surface area (Å²) < 4.78 is 11.8. The number of ether oxygens (including phenoxy) is 1. The van der Waals surface area contributed by atoms with Crippen molar-refractivity contribution in [2.75, 3.05) is 7.11 Å². The first-order valence-corrected chi connectivity index (χ1v) is 9.15. The normalized spacial score (nSPS) is 10.9. The Labute approximate surface area is 166 Å². The summed E-state index contributed by atoms with van der Waals surface area (Å²) >= 11 is 3.55. The smallest absolute Gasteiger partial charge is 0.244 e. The molecule has 138 valence electrons. The highest BCUT2D eigenvalue weighted by Gasteiger charge is 2.08. The molecule has 27 heavy (non-hydrogen) atoms. The molecular formula is C21H19BrN2O3. The van der Waals surface area contributed by atoms with Crippen molar-refractivity contribution in [2.45, 2.75) is 13.3 Å². The SMILES string of the molecule is COc1ccc(CC(=O)N/N=C/c2ccc(-c3ccc(C)cc3Br)o2)cc1. The van der Waals surface area contributed by atoms with Gasteiger partial charge >= 0.3 is 0 Å². The van der Waals surface area contributed by atoms with Gasteiger partial charge in [-0.3, -0.25) is 4.79 Å². The molecule has 1 heterocycles. The molecule has 0 radical (unpaired) electrons. The van der Waals surface area contributed by atoms with Gasteiger partial charge in [0.05, 0.1) is 19.7 Å². The zero-order chi connectivity index (χ0) is 19.2. The van der Waals surface area contributed by atoms with E-state index >= 15 is 0 Å². The zero-order valence-electron chi connectivity index (χ0n) is 15.0. The van der Waals surface area contributed by atoms with E-state index < -0.39 is 0 Å². The third-order valence-electron chi connectivity index (χ3n) is 3.92. The quantitative estimate of drug-likeness (QED) is 0.458. The number of rotatable bonds is 6. The number of methoxy groups -OCH3 is 1. The number of nitrogens with one attached hydrogen (secondary N) is 1. The second-order valence-electron chi connectivity index (χ2n) is 6.00. The lowest BCUT2D eigenvalue weighted by molar-refractivity contribution is -0.120. The maximum Gasteiger partial charge on any atom is 0.244 e. The highest BCUT2D eigenvalue weighted by molar-refractivity contribution is 9.10. The maximum atomic E-state index is 12.0. The molecule has 0 fully saturated rings. The van der Waals surface area contributed by atoms with Crippen LogP contribution in [0.2, 0.25) is 0 Å². The Hall–Kier alpha value is -2.86. The van der Waals surface area contributed by atoms with Crippen molar-refractivity contribution in [1.82, 2.24) is 5.43 Å². The second-order valence-corrected chi connectivity index (χ2v) is 6.86. The summed E-state index contributed by atoms with van der Waals surface area (Å²) in [6.45, 7) is 2.03. The number of halogens is 1. The van der Waals surface area contributed by atoms with Crippen LogP contribution in [0.3, 0.4) is 0 Å². The lowest BCUT2D eigenvalue weighted by Crippen LogP contribution is -2.19. The Balaban J connectivity index is 1.58. The molecule has 0 bridgehead atoms. The van der Waals surface area contributed by atoms with Gasteiger partial charge in [0.2, 0.25) is 5.91 Å². The molecule has 1 N–H and O–H groups in total. The summed E-state index contributed by atoms with van der Waals surface area (Å²) in [6.07, 6.45) is 1.72. The molecule has 1 aromatic heterocycles. The summed E-state index contributed by atoms with van der Waals surface area (Å²) in [5.41, 5.74) is 5.52. The van der Waals surface area contributed by atoms with E-state index in [1.54, 1.807) is 13.2 Å². The van der Waals surface area contributed by atoms with E-state index in [0.717, 1.165) is 27.1 Å². The van der Waals surface area contributed by atoms with Crippen LogP contribution in [0.25, 0.3) is 11.3 Å². The van der Waals surface area contributed by atoms with Crippen LogP contribution in [0.5, 0.6) is 5.75 Å². The second kappa shape index (κ2) is 8.68. The third kappa shape index (κ3) is 5.08. The molecule has 6 heteroatoms. The van der Waals surface area contributed by atoms with E-state index in [9.17, 15) is 4.79 Å². The zero-order valence-corrected chi connectivity index (χ0v) is 16.6. The molecular weight excluding hydrogens is 408 g/mol. The Kier molecular flexibility index (Phi) is 6.08. The van der Waals surface area contributed by atoms with Crippen molar-refractivity contribution < 1.29 is 13.9 Å². The Morgan fingerprint density at radius 1 is 1.19 bits per heavy atom. The van der Waals surface area contributed by atoms with Crippen LogP contribution in [0.15, 0.2) is 68.6 Å². The molecule has 1 amide bonds. The van der Waals surface area contributed by atoms with Crippen LogP contribution >= 0.6 is 15.9 Å². The molecule has 2 aromatic carbocycles. The minimum Gasteiger partial charge on any atom is -0.497 e. The van der Waals surface area contributed by atoms with E-state index in [1.807, 2.05) is 55.5 Å². The van der Waals surface area contributed by atoms with E-state index in [2.05, 4.69) is 26.5 Å². The summed E-state index contributed by atoms with van der Waals surface area (Å²) in [4.78, 5) is 12.0. The van der Waals surface area contributed by atoms with Gasteiger partial charge in [0.15, 0.2) is 0 Å². The van der Waals surface area contributed by atoms with Gasteiger partial charge in [-0.2, -0.15) is 5.10 Å². The van der Waals surface area contributed by atoms with E-state index in [4.69, 9.17) is 9.15 Å². The van der Waals surface area contributed by atoms with Gasteiger partial charge in [-0.05, 0) is 54.4 Å². The van der Waals surface area contributed by atoms with Gasteiger partial charge in [0, 0.05) is 10.0 Å². The van der Waals surface area contributed by atoms with Crippen LogP contribution in [0.1, 0.15) is 16.9 Å². The first kappa shape index (κ1) is 18.9. The first-order chi connectivity index (χ1) is 13.0. The fourth-order valence-electron chi connectivity index (χ4n) is 2.52. The number of hydrogen-bond donors (Lipinski definition) is 1. The van der Waals surface area contributed by atoms with Gasteiger partial charge < -0.3 is 9.15 Å². The van der Waals surface area contributed by atoms with Crippen molar-refractivity contribution in [3.05, 3.63) is 76.0 Å². The molecule has 0 aliphatic rings. The summed E-state index contributed by atoms with van der Waals surface area (Å²) in [7, 11) is 1.61. The molecule has 0 saturated heterocycles. The minimum absolute atomic E-state index is 0.204. The minimum atomic E-state index is -0.204. The standard InChI is InChI=1S/C21H19BrN2O3/c1-14-3-9-18(19(22)11-14)20-10-8-17(27-20)13-23-24-21(25)12-15-4-6-16(26-2)7-5-15/h3-11,13H,12H2,1-2H3,(H,24,25)/b23-13+. The van der Waals surface area contributed by atoms with Crippen molar-refractivity contribution >= 4 is 28.1 Å². The summed E-state index contributed by atoms with van der Waals surface area (Å²) in [6, 6.07) is 17.1. The van der Waals surface area contributed by atoms with Crippen LogP contribution in [0.4, 0.5) is 0 Å². The van der Waals surface area contributed by atoms with Crippen LogP contribution in [-0.2, 0) is 11.2 Å². The fourth-order valence-corrected chi connectivity index (χ4v) is 3.21. The number of hydrogen-bond acceptors (Lipinski definition) is 4. The monoisotopic (exact) mass is 426 g/mol. The van der Waals surface area contributed by atoms with Crippen LogP contribution in [-0.4, -0.2) is 19.2 Å². The first-order valence-electron chi connectivity index (χ1n) is 8.36. The number of amides is 1. The molecule has 0 aliphatic carbocycles. The van der Waals surface area contributed by atoms with Gasteiger partial charge in [0.1, 0.15) is 17.3 Å². The number of furan rings is 1. The average molecular weight is 427 g/mol. The average Bonchev–Trinajstić information content (AvgIpc) is 3.11. The summed E-state index contributed by atoms with van der Waals surface area (Å²) in [5, 5.41) is 3.96.